The molecule has 0 radical (unpaired) electrons. The van der Waals surface area contributed by atoms with E-state index in [2.05, 4.69) is 15.0 Å². The van der Waals surface area contributed by atoms with Gasteiger partial charge >= 0.3 is 6.18 Å². The number of fused-ring (bicyclic) bond motifs is 1. The Morgan fingerprint density at radius 1 is 1.25 bits per heavy atom. The molecule has 4 heterocycles. The largest absolute Gasteiger partial charge is 0.463 e. The van der Waals surface area contributed by atoms with Crippen LogP contribution in [-0.4, -0.2) is 63.5 Å². The summed E-state index contributed by atoms with van der Waals surface area (Å²) >= 11 is 0. The highest BCUT2D eigenvalue weighted by atomic mass is 19.4. The number of alkyl halides is 3. The lowest BCUT2D eigenvalue weighted by Crippen LogP contribution is -2.47. The maximum absolute atomic E-state index is 13.5. The predicted molar refractivity (Wildman–Crippen MR) is 93.5 cm³/mol. The van der Waals surface area contributed by atoms with E-state index >= 15 is 0 Å². The molecule has 148 valence electrons. The Bertz CT molecular complexity index is 989. The summed E-state index contributed by atoms with van der Waals surface area (Å²) in [7, 11) is 1.98. The molecule has 3 aromatic rings. The Hall–Kier alpha value is -2.88. The standard InChI is InChI=1S/C18H18F3N5O2/c1-24-4-6-25(7-5-24)16(27)9-12-11-22-26-15(18(19,20)21)10-13(23-17(12)26)14-3-2-8-28-14/h2-3,8,10-11H,4-7,9H2,1H3. The minimum atomic E-state index is -4.63. The fourth-order valence-electron chi connectivity index (χ4n) is 3.22. The summed E-state index contributed by atoms with van der Waals surface area (Å²) in [6, 6.07) is 4.00. The van der Waals surface area contributed by atoms with Crippen LogP contribution < -0.4 is 0 Å². The van der Waals surface area contributed by atoms with Gasteiger partial charge in [-0.2, -0.15) is 18.3 Å². The fourth-order valence-corrected chi connectivity index (χ4v) is 3.22. The molecule has 0 bridgehead atoms. The molecule has 0 spiro atoms. The summed E-state index contributed by atoms with van der Waals surface area (Å²) < 4.78 is 46.6. The molecule has 0 aromatic carbocycles. The molecule has 1 amide bonds. The monoisotopic (exact) mass is 393 g/mol. The summed E-state index contributed by atoms with van der Waals surface area (Å²) in [5, 5.41) is 3.84. The van der Waals surface area contributed by atoms with E-state index in [1.54, 1.807) is 11.0 Å². The molecular formula is C18H18F3N5O2. The molecule has 28 heavy (non-hydrogen) atoms. The van der Waals surface area contributed by atoms with Gasteiger partial charge in [-0.3, -0.25) is 4.79 Å². The number of likely N-dealkylation sites (N-methyl/N-ethyl adjacent to an activating group) is 1. The maximum atomic E-state index is 13.5. The SMILES string of the molecule is CN1CCN(C(=O)Cc2cnn3c(C(F)(F)F)cc(-c4ccco4)nc23)CC1. The van der Waals surface area contributed by atoms with Crippen molar-refractivity contribution >= 4 is 11.6 Å². The van der Waals surface area contributed by atoms with Crippen LogP contribution >= 0.6 is 0 Å². The summed E-state index contributed by atoms with van der Waals surface area (Å²) in [5.41, 5.74) is -0.577. The third kappa shape index (κ3) is 3.47. The number of nitrogens with zero attached hydrogens (tertiary/aromatic N) is 5. The lowest BCUT2D eigenvalue weighted by atomic mass is 10.2. The third-order valence-electron chi connectivity index (χ3n) is 4.81. The summed E-state index contributed by atoms with van der Waals surface area (Å²) in [5.74, 6) is 0.0623. The van der Waals surface area contributed by atoms with E-state index in [4.69, 9.17) is 4.42 Å². The van der Waals surface area contributed by atoms with Gasteiger partial charge in [-0.15, -0.1) is 0 Å². The lowest BCUT2D eigenvalue weighted by molar-refractivity contribution is -0.142. The Morgan fingerprint density at radius 3 is 2.64 bits per heavy atom. The number of hydrogen-bond donors (Lipinski definition) is 0. The first-order valence-electron chi connectivity index (χ1n) is 8.78. The molecule has 0 unspecified atom stereocenters. The Kier molecular flexibility index (Phi) is 4.58. The highest BCUT2D eigenvalue weighted by Crippen LogP contribution is 2.33. The Balaban J connectivity index is 1.71. The first-order valence-corrected chi connectivity index (χ1v) is 8.78. The first-order chi connectivity index (χ1) is 13.3. The van der Waals surface area contributed by atoms with Crippen molar-refractivity contribution < 1.29 is 22.4 Å². The van der Waals surface area contributed by atoms with Gasteiger partial charge < -0.3 is 14.2 Å². The van der Waals surface area contributed by atoms with E-state index in [1.807, 2.05) is 7.05 Å². The van der Waals surface area contributed by atoms with Crippen molar-refractivity contribution in [2.45, 2.75) is 12.6 Å². The van der Waals surface area contributed by atoms with Crippen LogP contribution in [0.4, 0.5) is 13.2 Å². The average molecular weight is 393 g/mol. The van der Waals surface area contributed by atoms with E-state index in [9.17, 15) is 18.0 Å². The van der Waals surface area contributed by atoms with Crippen LogP contribution in [-0.2, 0) is 17.4 Å². The van der Waals surface area contributed by atoms with E-state index in [0.717, 1.165) is 23.7 Å². The predicted octanol–water partition coefficient (Wildman–Crippen LogP) is 2.32. The second-order valence-electron chi connectivity index (χ2n) is 6.77. The maximum Gasteiger partial charge on any atom is 0.433 e. The molecule has 1 saturated heterocycles. The van der Waals surface area contributed by atoms with Crippen LogP contribution in [0.1, 0.15) is 11.3 Å². The number of furan rings is 1. The quantitative estimate of drug-likeness (QED) is 0.683. The first kappa shape index (κ1) is 18.5. The summed E-state index contributed by atoms with van der Waals surface area (Å²) in [6.45, 7) is 2.71. The van der Waals surface area contributed by atoms with Crippen molar-refractivity contribution in [1.29, 1.82) is 0 Å². The number of carbonyl (C=O) groups excluding carboxylic acids is 1. The van der Waals surface area contributed by atoms with Crippen molar-refractivity contribution in [3.05, 3.63) is 41.9 Å². The van der Waals surface area contributed by atoms with Gasteiger partial charge in [0.05, 0.1) is 18.9 Å². The second kappa shape index (κ2) is 6.93. The molecule has 3 aromatic heterocycles. The van der Waals surface area contributed by atoms with E-state index in [0.29, 0.717) is 18.7 Å². The van der Waals surface area contributed by atoms with E-state index in [1.165, 1.54) is 18.5 Å². The molecule has 1 fully saturated rings. The van der Waals surface area contributed by atoms with Gasteiger partial charge in [-0.1, -0.05) is 0 Å². The van der Waals surface area contributed by atoms with Crippen LogP contribution in [0, 0.1) is 0 Å². The number of halogens is 3. The van der Waals surface area contributed by atoms with Gasteiger partial charge in [0, 0.05) is 31.7 Å². The normalized spacial score (nSPS) is 16.1. The van der Waals surface area contributed by atoms with Crippen molar-refractivity contribution in [3.63, 3.8) is 0 Å². The molecular weight excluding hydrogens is 375 g/mol. The van der Waals surface area contributed by atoms with Gasteiger partial charge in [-0.25, -0.2) is 9.50 Å². The molecule has 1 aliphatic heterocycles. The zero-order valence-electron chi connectivity index (χ0n) is 15.1. The number of rotatable bonds is 3. The van der Waals surface area contributed by atoms with Crippen molar-refractivity contribution in [2.75, 3.05) is 33.2 Å². The van der Waals surface area contributed by atoms with Gasteiger partial charge in [0.25, 0.3) is 0 Å². The number of carbonyl (C=O) groups is 1. The highest BCUT2D eigenvalue weighted by molar-refractivity contribution is 5.81. The van der Waals surface area contributed by atoms with E-state index in [-0.39, 0.29) is 29.4 Å². The van der Waals surface area contributed by atoms with Crippen LogP contribution in [0.15, 0.2) is 35.1 Å². The van der Waals surface area contributed by atoms with Crippen molar-refractivity contribution in [2.24, 2.45) is 0 Å². The number of amides is 1. The van der Waals surface area contributed by atoms with Gasteiger partial charge in [0.2, 0.25) is 5.91 Å². The van der Waals surface area contributed by atoms with Crippen LogP contribution in [0.25, 0.3) is 17.1 Å². The summed E-state index contributed by atoms with van der Waals surface area (Å²) in [4.78, 5) is 20.7. The van der Waals surface area contributed by atoms with Crippen LogP contribution in [0.3, 0.4) is 0 Å². The molecule has 0 saturated carbocycles. The molecule has 4 rings (SSSR count). The number of aromatic nitrogens is 3. The fraction of sp³-hybridized carbons (Fsp3) is 0.389. The third-order valence-corrected chi connectivity index (χ3v) is 4.81. The van der Waals surface area contributed by atoms with E-state index < -0.39 is 11.9 Å². The highest BCUT2D eigenvalue weighted by Gasteiger charge is 2.36. The Labute approximate surface area is 158 Å². The number of piperazine rings is 1. The molecule has 1 aliphatic rings. The van der Waals surface area contributed by atoms with Gasteiger partial charge in [0.15, 0.2) is 17.1 Å². The van der Waals surface area contributed by atoms with Crippen LogP contribution in [0.2, 0.25) is 0 Å². The lowest BCUT2D eigenvalue weighted by Gasteiger charge is -2.32. The summed E-state index contributed by atoms with van der Waals surface area (Å²) in [6.07, 6.45) is -2.05. The molecule has 10 heteroatoms. The zero-order valence-corrected chi connectivity index (χ0v) is 15.1. The minimum absolute atomic E-state index is 0.00343. The second-order valence-corrected chi connectivity index (χ2v) is 6.77. The van der Waals surface area contributed by atoms with Crippen LogP contribution in [0.5, 0.6) is 0 Å². The average Bonchev–Trinajstić information content (AvgIpc) is 3.31. The number of hydrogen-bond acceptors (Lipinski definition) is 5. The smallest absolute Gasteiger partial charge is 0.433 e. The van der Waals surface area contributed by atoms with Crippen molar-refractivity contribution in [1.82, 2.24) is 24.4 Å². The van der Waals surface area contributed by atoms with Gasteiger partial charge in [-0.05, 0) is 25.2 Å². The Morgan fingerprint density at radius 2 is 2.00 bits per heavy atom. The topological polar surface area (TPSA) is 66.9 Å². The van der Waals surface area contributed by atoms with Gasteiger partial charge in [0.1, 0.15) is 5.69 Å². The molecule has 7 nitrogen and oxygen atoms in total. The zero-order chi connectivity index (χ0) is 19.9. The molecule has 0 atom stereocenters. The molecule has 0 N–H and O–H groups in total. The molecule has 0 aliphatic carbocycles. The minimum Gasteiger partial charge on any atom is -0.463 e. The van der Waals surface area contributed by atoms with Crippen molar-refractivity contribution in [3.8, 4) is 11.5 Å².